The zero-order chi connectivity index (χ0) is 20.5. The zero-order valence-corrected chi connectivity index (χ0v) is 16.4. The van der Waals surface area contributed by atoms with Gasteiger partial charge in [0.25, 0.3) is 0 Å². The van der Waals surface area contributed by atoms with Crippen LogP contribution in [0, 0.1) is 5.82 Å². The molecule has 0 saturated carbocycles. The first kappa shape index (κ1) is 20.7. The van der Waals surface area contributed by atoms with Gasteiger partial charge in [0, 0.05) is 24.7 Å². The molecule has 1 unspecified atom stereocenters. The highest BCUT2D eigenvalue weighted by molar-refractivity contribution is 5.93. The van der Waals surface area contributed by atoms with Crippen LogP contribution in [0.25, 0.3) is 0 Å². The summed E-state index contributed by atoms with van der Waals surface area (Å²) in [6, 6.07) is 11.3. The molecule has 8 heteroatoms. The molecule has 1 aliphatic heterocycles. The van der Waals surface area contributed by atoms with Crippen LogP contribution >= 0.6 is 0 Å². The van der Waals surface area contributed by atoms with Crippen molar-refractivity contribution in [1.29, 1.82) is 0 Å². The van der Waals surface area contributed by atoms with Crippen molar-refractivity contribution in [2.24, 2.45) is 4.99 Å². The number of benzene rings is 2. The number of aliphatic hydroxyl groups excluding tert-OH is 1. The number of rotatable bonds is 7. The van der Waals surface area contributed by atoms with Crippen molar-refractivity contribution >= 4 is 11.6 Å². The minimum Gasteiger partial charge on any atom is -0.491 e. The molecule has 1 atom stereocenters. The van der Waals surface area contributed by atoms with E-state index in [4.69, 9.17) is 14.2 Å². The SMILES string of the molecule is CCNC(=NCC(O)COc1ccc(F)cc1)Nc1ccc2c(c1)OCCCO2. The summed E-state index contributed by atoms with van der Waals surface area (Å²) in [6.45, 7) is 4.07. The summed E-state index contributed by atoms with van der Waals surface area (Å²) >= 11 is 0. The summed E-state index contributed by atoms with van der Waals surface area (Å²) in [6.07, 6.45) is 0.0404. The van der Waals surface area contributed by atoms with Crippen LogP contribution in [0.15, 0.2) is 47.5 Å². The fraction of sp³-hybridized carbons (Fsp3) is 0.381. The first-order valence-electron chi connectivity index (χ1n) is 9.65. The third-order valence-corrected chi connectivity index (χ3v) is 4.07. The van der Waals surface area contributed by atoms with Gasteiger partial charge in [-0.05, 0) is 43.3 Å². The van der Waals surface area contributed by atoms with Crippen LogP contribution in [0.5, 0.6) is 17.2 Å². The molecule has 3 N–H and O–H groups in total. The molecule has 0 aromatic heterocycles. The number of nitrogens with zero attached hydrogens (tertiary/aromatic N) is 1. The van der Waals surface area contributed by atoms with E-state index in [1.165, 1.54) is 24.3 Å². The maximum absolute atomic E-state index is 12.9. The molecule has 29 heavy (non-hydrogen) atoms. The number of hydrogen-bond donors (Lipinski definition) is 3. The average molecular weight is 403 g/mol. The summed E-state index contributed by atoms with van der Waals surface area (Å²) in [5, 5.41) is 16.5. The minimum absolute atomic E-state index is 0.0541. The predicted octanol–water partition coefficient (Wildman–Crippen LogP) is 2.80. The second-order valence-electron chi connectivity index (χ2n) is 6.48. The molecular weight excluding hydrogens is 377 g/mol. The first-order chi connectivity index (χ1) is 14.1. The fourth-order valence-corrected chi connectivity index (χ4v) is 2.66. The number of aliphatic imine (C=N–C) groups is 1. The Balaban J connectivity index is 1.56. The van der Waals surface area contributed by atoms with Crippen LogP contribution in [0.3, 0.4) is 0 Å². The number of nitrogens with one attached hydrogen (secondary N) is 2. The van der Waals surface area contributed by atoms with E-state index in [-0.39, 0.29) is 19.0 Å². The van der Waals surface area contributed by atoms with Gasteiger partial charge in [0.2, 0.25) is 0 Å². The second-order valence-corrected chi connectivity index (χ2v) is 6.48. The van der Waals surface area contributed by atoms with Crippen LogP contribution in [0.4, 0.5) is 10.1 Å². The Kier molecular flexibility index (Phi) is 7.52. The van der Waals surface area contributed by atoms with Crippen molar-refractivity contribution in [3.63, 3.8) is 0 Å². The quantitative estimate of drug-likeness (QED) is 0.487. The molecule has 0 spiro atoms. The normalized spacial score (nSPS) is 14.7. The molecule has 0 fully saturated rings. The molecule has 1 heterocycles. The Hall–Kier alpha value is -3.00. The fourth-order valence-electron chi connectivity index (χ4n) is 2.66. The predicted molar refractivity (Wildman–Crippen MR) is 110 cm³/mol. The van der Waals surface area contributed by atoms with Crippen molar-refractivity contribution < 1.29 is 23.7 Å². The molecule has 2 aromatic carbocycles. The highest BCUT2D eigenvalue weighted by Gasteiger charge is 2.12. The highest BCUT2D eigenvalue weighted by atomic mass is 19.1. The molecule has 2 aromatic rings. The minimum atomic E-state index is -0.806. The Morgan fingerprint density at radius 2 is 1.93 bits per heavy atom. The van der Waals surface area contributed by atoms with Crippen LogP contribution in [0.2, 0.25) is 0 Å². The first-order valence-corrected chi connectivity index (χ1v) is 9.65. The van der Waals surface area contributed by atoms with Crippen LogP contribution < -0.4 is 24.8 Å². The summed E-state index contributed by atoms with van der Waals surface area (Å²) in [5.41, 5.74) is 0.797. The Labute approximate surface area is 169 Å². The number of fused-ring (bicyclic) bond motifs is 1. The van der Waals surface area contributed by atoms with Gasteiger partial charge in [0.05, 0.1) is 19.8 Å². The van der Waals surface area contributed by atoms with E-state index >= 15 is 0 Å². The average Bonchev–Trinajstić information content (AvgIpc) is 2.97. The van der Waals surface area contributed by atoms with Crippen LogP contribution in [-0.2, 0) is 0 Å². The van der Waals surface area contributed by atoms with Crippen LogP contribution in [0.1, 0.15) is 13.3 Å². The van der Waals surface area contributed by atoms with E-state index in [0.717, 1.165) is 17.9 Å². The van der Waals surface area contributed by atoms with E-state index in [9.17, 15) is 9.50 Å². The Bertz CT molecular complexity index is 814. The summed E-state index contributed by atoms with van der Waals surface area (Å²) in [5.74, 6) is 2.10. The van der Waals surface area contributed by atoms with Gasteiger partial charge < -0.3 is 30.0 Å². The number of halogens is 1. The number of anilines is 1. The number of ether oxygens (including phenoxy) is 3. The van der Waals surface area contributed by atoms with Crippen molar-refractivity contribution in [2.45, 2.75) is 19.4 Å². The second kappa shape index (κ2) is 10.5. The number of aliphatic hydroxyl groups is 1. The van der Waals surface area contributed by atoms with E-state index in [2.05, 4.69) is 15.6 Å². The van der Waals surface area contributed by atoms with Gasteiger partial charge >= 0.3 is 0 Å². The summed E-state index contributed by atoms with van der Waals surface area (Å²) in [4.78, 5) is 4.40. The number of guanidine groups is 1. The monoisotopic (exact) mass is 403 g/mol. The third-order valence-electron chi connectivity index (χ3n) is 4.07. The standard InChI is InChI=1S/C21H26FN3O4/c1-2-23-21(24-13-17(26)14-29-18-7-4-15(22)5-8-18)25-16-6-9-19-20(12-16)28-11-3-10-27-19/h4-9,12,17,26H,2-3,10-11,13-14H2,1H3,(H2,23,24,25). The van der Waals surface area contributed by atoms with Gasteiger partial charge in [0.15, 0.2) is 17.5 Å². The molecule has 0 aliphatic carbocycles. The lowest BCUT2D eigenvalue weighted by Gasteiger charge is -2.15. The maximum Gasteiger partial charge on any atom is 0.195 e. The van der Waals surface area contributed by atoms with E-state index < -0.39 is 6.10 Å². The van der Waals surface area contributed by atoms with Crippen molar-refractivity contribution in [3.05, 3.63) is 48.3 Å². The molecule has 0 bridgehead atoms. The molecule has 7 nitrogen and oxygen atoms in total. The Morgan fingerprint density at radius 1 is 1.17 bits per heavy atom. The summed E-state index contributed by atoms with van der Waals surface area (Å²) < 4.78 is 29.7. The molecule has 156 valence electrons. The maximum atomic E-state index is 12.9. The lowest BCUT2D eigenvalue weighted by molar-refractivity contribution is 0.114. The lowest BCUT2D eigenvalue weighted by Crippen LogP contribution is -2.32. The van der Waals surface area contributed by atoms with Gasteiger partial charge in [-0.2, -0.15) is 0 Å². The largest absolute Gasteiger partial charge is 0.491 e. The number of hydrogen-bond acceptors (Lipinski definition) is 5. The zero-order valence-electron chi connectivity index (χ0n) is 16.4. The van der Waals surface area contributed by atoms with E-state index in [1.807, 2.05) is 25.1 Å². The van der Waals surface area contributed by atoms with E-state index in [0.29, 0.717) is 37.2 Å². The van der Waals surface area contributed by atoms with Gasteiger partial charge in [0.1, 0.15) is 24.3 Å². The molecule has 1 aliphatic rings. The van der Waals surface area contributed by atoms with Gasteiger partial charge in [-0.15, -0.1) is 0 Å². The molecule has 0 amide bonds. The lowest BCUT2D eigenvalue weighted by atomic mass is 10.2. The highest BCUT2D eigenvalue weighted by Crippen LogP contribution is 2.32. The molecule has 0 radical (unpaired) electrons. The van der Waals surface area contributed by atoms with Gasteiger partial charge in [-0.25, -0.2) is 4.39 Å². The van der Waals surface area contributed by atoms with Crippen LogP contribution in [-0.4, -0.2) is 50.1 Å². The molecule has 0 saturated heterocycles. The smallest absolute Gasteiger partial charge is 0.195 e. The van der Waals surface area contributed by atoms with Gasteiger partial charge in [-0.1, -0.05) is 0 Å². The third kappa shape index (κ3) is 6.53. The van der Waals surface area contributed by atoms with Crippen molar-refractivity contribution in [2.75, 3.05) is 38.2 Å². The molecule has 3 rings (SSSR count). The molecular formula is C21H26FN3O4. The van der Waals surface area contributed by atoms with Gasteiger partial charge in [-0.3, -0.25) is 4.99 Å². The van der Waals surface area contributed by atoms with E-state index in [1.54, 1.807) is 0 Å². The Morgan fingerprint density at radius 3 is 2.69 bits per heavy atom. The van der Waals surface area contributed by atoms with Crippen molar-refractivity contribution in [3.8, 4) is 17.2 Å². The topological polar surface area (TPSA) is 84.3 Å². The van der Waals surface area contributed by atoms with Crippen molar-refractivity contribution in [1.82, 2.24) is 5.32 Å². The summed E-state index contributed by atoms with van der Waals surface area (Å²) in [7, 11) is 0.